The van der Waals surface area contributed by atoms with Gasteiger partial charge in [0.05, 0.1) is 6.20 Å². The molecule has 0 saturated carbocycles. The number of aryl methyl sites for hydroxylation is 1. The lowest BCUT2D eigenvalue weighted by Gasteiger charge is -2.14. The normalized spacial score (nSPS) is 12.6. The maximum atomic E-state index is 4.31. The highest BCUT2D eigenvalue weighted by molar-refractivity contribution is 5.17. The number of hydrogen-bond acceptors (Lipinski definition) is 3. The fraction of sp³-hybridized carbons (Fsp3) is 0.385. The molecule has 90 valence electrons. The predicted molar refractivity (Wildman–Crippen MR) is 67.6 cm³/mol. The Bertz CT molecular complexity index is 449. The largest absolute Gasteiger partial charge is 0.313 e. The maximum absolute atomic E-state index is 4.31. The second-order valence-corrected chi connectivity index (χ2v) is 4.04. The summed E-state index contributed by atoms with van der Waals surface area (Å²) in [6, 6.07) is 4.36. The average molecular weight is 230 g/mol. The number of hydrogen-bond donors (Lipinski definition) is 1. The molecule has 4 nitrogen and oxygen atoms in total. The van der Waals surface area contributed by atoms with Crippen molar-refractivity contribution in [2.45, 2.75) is 25.9 Å². The first-order valence-corrected chi connectivity index (χ1v) is 5.92. The summed E-state index contributed by atoms with van der Waals surface area (Å²) in [6.07, 6.45) is 8.67. The molecule has 1 N–H and O–H groups in total. The van der Waals surface area contributed by atoms with Crippen LogP contribution in [0.1, 0.15) is 24.1 Å². The quantitative estimate of drug-likeness (QED) is 0.851. The Morgan fingerprint density at radius 3 is 2.88 bits per heavy atom. The summed E-state index contributed by atoms with van der Waals surface area (Å²) in [7, 11) is 1.98. The van der Waals surface area contributed by atoms with Crippen molar-refractivity contribution in [3.8, 4) is 0 Å². The van der Waals surface area contributed by atoms with Gasteiger partial charge in [0.2, 0.25) is 0 Å². The molecule has 0 radical (unpaired) electrons. The molecule has 0 spiro atoms. The molecule has 0 aliphatic rings. The van der Waals surface area contributed by atoms with Crippen molar-refractivity contribution in [3.05, 3.63) is 48.0 Å². The summed E-state index contributed by atoms with van der Waals surface area (Å²) < 4.78 is 1.95. The fourth-order valence-electron chi connectivity index (χ4n) is 1.87. The number of aromatic nitrogens is 3. The molecular formula is C13H18N4. The minimum atomic E-state index is 0.291. The smallest absolute Gasteiger partial charge is 0.0537 e. The van der Waals surface area contributed by atoms with Gasteiger partial charge in [-0.25, -0.2) is 0 Å². The van der Waals surface area contributed by atoms with E-state index in [1.54, 1.807) is 6.20 Å². The molecule has 0 aliphatic heterocycles. The number of pyridine rings is 1. The van der Waals surface area contributed by atoms with E-state index in [0.29, 0.717) is 6.04 Å². The van der Waals surface area contributed by atoms with Crippen molar-refractivity contribution in [3.63, 3.8) is 0 Å². The SMILES string of the molecule is CCn1cc(C(Cc2cccnc2)NC)cn1. The van der Waals surface area contributed by atoms with Gasteiger partial charge in [-0.1, -0.05) is 6.07 Å². The van der Waals surface area contributed by atoms with Gasteiger partial charge >= 0.3 is 0 Å². The van der Waals surface area contributed by atoms with Gasteiger partial charge in [-0.2, -0.15) is 5.10 Å². The topological polar surface area (TPSA) is 42.7 Å². The van der Waals surface area contributed by atoms with Crippen LogP contribution in [0.5, 0.6) is 0 Å². The van der Waals surface area contributed by atoms with Gasteiger partial charge in [-0.15, -0.1) is 0 Å². The van der Waals surface area contributed by atoms with Crippen molar-refractivity contribution in [1.82, 2.24) is 20.1 Å². The molecule has 0 fully saturated rings. The lowest BCUT2D eigenvalue weighted by molar-refractivity contribution is 0.588. The van der Waals surface area contributed by atoms with E-state index in [4.69, 9.17) is 0 Å². The first-order valence-electron chi connectivity index (χ1n) is 5.92. The van der Waals surface area contributed by atoms with Crippen LogP contribution in [0.2, 0.25) is 0 Å². The molecule has 1 atom stereocenters. The Labute approximate surface area is 102 Å². The van der Waals surface area contributed by atoms with Crippen LogP contribution in [0.25, 0.3) is 0 Å². The zero-order chi connectivity index (χ0) is 12.1. The molecule has 1 unspecified atom stereocenters. The lowest BCUT2D eigenvalue weighted by atomic mass is 10.0. The van der Waals surface area contributed by atoms with Crippen LogP contribution in [0, 0.1) is 0 Å². The summed E-state index contributed by atoms with van der Waals surface area (Å²) in [5.74, 6) is 0. The number of likely N-dealkylation sites (N-methyl/N-ethyl adjacent to an activating group) is 1. The summed E-state index contributed by atoms with van der Waals surface area (Å²) in [5.41, 5.74) is 2.45. The Morgan fingerprint density at radius 2 is 2.29 bits per heavy atom. The Kier molecular flexibility index (Phi) is 3.88. The average Bonchev–Trinajstić information content (AvgIpc) is 2.86. The minimum absolute atomic E-state index is 0.291. The molecule has 2 aromatic rings. The van der Waals surface area contributed by atoms with Crippen LogP contribution in [-0.4, -0.2) is 21.8 Å². The predicted octanol–water partition coefficient (Wildman–Crippen LogP) is 1.80. The maximum Gasteiger partial charge on any atom is 0.0537 e. The summed E-state index contributed by atoms with van der Waals surface area (Å²) in [6.45, 7) is 3.00. The molecule has 0 bridgehead atoms. The van der Waals surface area contributed by atoms with E-state index < -0.39 is 0 Å². The molecule has 2 aromatic heterocycles. The van der Waals surface area contributed by atoms with E-state index >= 15 is 0 Å². The first kappa shape index (κ1) is 11.8. The van der Waals surface area contributed by atoms with Crippen LogP contribution in [0.4, 0.5) is 0 Å². The van der Waals surface area contributed by atoms with E-state index in [0.717, 1.165) is 13.0 Å². The number of rotatable bonds is 5. The van der Waals surface area contributed by atoms with E-state index in [-0.39, 0.29) is 0 Å². The molecular weight excluding hydrogens is 212 g/mol. The summed E-state index contributed by atoms with van der Waals surface area (Å²) in [4.78, 5) is 4.14. The molecule has 0 aliphatic carbocycles. The van der Waals surface area contributed by atoms with Gasteiger partial charge < -0.3 is 5.32 Å². The standard InChI is InChI=1S/C13H18N4/c1-3-17-10-12(9-16-17)13(14-2)7-11-5-4-6-15-8-11/h4-6,8-10,13-14H,3,7H2,1-2H3. The lowest BCUT2D eigenvalue weighted by Crippen LogP contribution is -2.18. The minimum Gasteiger partial charge on any atom is -0.313 e. The summed E-state index contributed by atoms with van der Waals surface area (Å²) in [5, 5.41) is 7.63. The highest BCUT2D eigenvalue weighted by Gasteiger charge is 2.12. The Balaban J connectivity index is 2.11. The van der Waals surface area contributed by atoms with Crippen LogP contribution in [-0.2, 0) is 13.0 Å². The summed E-state index contributed by atoms with van der Waals surface area (Å²) >= 11 is 0. The Hall–Kier alpha value is -1.68. The van der Waals surface area contributed by atoms with Gasteiger partial charge in [0.1, 0.15) is 0 Å². The van der Waals surface area contributed by atoms with Crippen molar-refractivity contribution < 1.29 is 0 Å². The van der Waals surface area contributed by atoms with Crippen molar-refractivity contribution >= 4 is 0 Å². The van der Waals surface area contributed by atoms with Crippen LogP contribution in [0.15, 0.2) is 36.9 Å². The van der Waals surface area contributed by atoms with E-state index in [9.17, 15) is 0 Å². The Morgan fingerprint density at radius 1 is 1.41 bits per heavy atom. The van der Waals surface area contributed by atoms with Crippen LogP contribution < -0.4 is 5.32 Å². The van der Waals surface area contributed by atoms with Crippen molar-refractivity contribution in [2.24, 2.45) is 0 Å². The highest BCUT2D eigenvalue weighted by atomic mass is 15.3. The zero-order valence-electron chi connectivity index (χ0n) is 10.3. The van der Waals surface area contributed by atoms with Crippen LogP contribution in [0.3, 0.4) is 0 Å². The fourth-order valence-corrected chi connectivity index (χ4v) is 1.87. The van der Waals surface area contributed by atoms with E-state index in [1.165, 1.54) is 11.1 Å². The highest BCUT2D eigenvalue weighted by Crippen LogP contribution is 2.16. The second-order valence-electron chi connectivity index (χ2n) is 4.04. The van der Waals surface area contributed by atoms with Crippen molar-refractivity contribution in [2.75, 3.05) is 7.05 Å². The van der Waals surface area contributed by atoms with E-state index in [1.807, 2.05) is 30.2 Å². The van der Waals surface area contributed by atoms with Gasteiger partial charge in [0, 0.05) is 36.7 Å². The van der Waals surface area contributed by atoms with Crippen LogP contribution >= 0.6 is 0 Å². The molecule has 0 saturated heterocycles. The van der Waals surface area contributed by atoms with Gasteiger partial charge in [-0.3, -0.25) is 9.67 Å². The van der Waals surface area contributed by atoms with Gasteiger partial charge in [0.25, 0.3) is 0 Å². The van der Waals surface area contributed by atoms with Gasteiger partial charge in [-0.05, 0) is 32.0 Å². The molecule has 2 heterocycles. The third kappa shape index (κ3) is 2.91. The number of nitrogens with one attached hydrogen (secondary N) is 1. The first-order chi connectivity index (χ1) is 8.33. The molecule has 4 heteroatoms. The molecule has 0 amide bonds. The third-order valence-electron chi connectivity index (χ3n) is 2.89. The monoisotopic (exact) mass is 230 g/mol. The number of nitrogens with zero attached hydrogens (tertiary/aromatic N) is 3. The molecule has 17 heavy (non-hydrogen) atoms. The molecule has 0 aromatic carbocycles. The third-order valence-corrected chi connectivity index (χ3v) is 2.89. The zero-order valence-corrected chi connectivity index (χ0v) is 10.3. The van der Waals surface area contributed by atoms with Gasteiger partial charge in [0.15, 0.2) is 0 Å². The van der Waals surface area contributed by atoms with Crippen molar-refractivity contribution in [1.29, 1.82) is 0 Å². The molecule has 2 rings (SSSR count). The second kappa shape index (κ2) is 5.59. The van der Waals surface area contributed by atoms with E-state index in [2.05, 4.69) is 34.6 Å².